The molecule has 0 bridgehead atoms. The molecule has 4 atom stereocenters. The standard InChI is InChI=1S/C25H36ClN7O5/c1-32(2)9-10-33(3)18-6-5-15(11-17(18)30-21(34)7-8-27)29-25-28-12-16(26)24(31-25)38-20-14-37-22-19(35-4)13-36-23(20)22/h5-6,11-12,19-20,22-23H,7-10,13-14,27H2,1-4H3,(H,30,34)(H,28,29,31)/t19-,20-,22-,23-/m1/s1. The molecule has 1 aromatic heterocycles. The number of nitrogens with two attached hydrogens (primary N) is 1. The first-order valence-electron chi connectivity index (χ1n) is 12.5. The Labute approximate surface area is 227 Å². The average Bonchev–Trinajstić information content (AvgIpc) is 3.47. The zero-order valence-electron chi connectivity index (χ0n) is 22.1. The minimum absolute atomic E-state index is 0.129. The number of nitrogens with zero attached hydrogens (tertiary/aromatic N) is 4. The van der Waals surface area contributed by atoms with Crippen LogP contribution in [0.4, 0.5) is 23.0 Å². The van der Waals surface area contributed by atoms with Crippen molar-refractivity contribution in [3.63, 3.8) is 0 Å². The first-order valence-corrected chi connectivity index (χ1v) is 12.9. The molecule has 3 heterocycles. The Hall–Kier alpha value is -2.74. The molecule has 208 valence electrons. The van der Waals surface area contributed by atoms with Gasteiger partial charge in [-0.1, -0.05) is 11.6 Å². The van der Waals surface area contributed by atoms with Gasteiger partial charge in [-0.3, -0.25) is 4.79 Å². The average molecular weight is 550 g/mol. The number of hydrogen-bond donors (Lipinski definition) is 3. The van der Waals surface area contributed by atoms with Gasteiger partial charge in [0.1, 0.15) is 23.3 Å². The number of carbonyl (C=O) groups excluding carboxylic acids is 1. The van der Waals surface area contributed by atoms with Crippen LogP contribution in [0.2, 0.25) is 5.02 Å². The van der Waals surface area contributed by atoms with E-state index >= 15 is 0 Å². The zero-order valence-corrected chi connectivity index (χ0v) is 22.9. The summed E-state index contributed by atoms with van der Waals surface area (Å²) >= 11 is 6.35. The van der Waals surface area contributed by atoms with Gasteiger partial charge in [0.2, 0.25) is 17.7 Å². The summed E-state index contributed by atoms with van der Waals surface area (Å²) in [4.78, 5) is 25.3. The summed E-state index contributed by atoms with van der Waals surface area (Å²) in [6.45, 7) is 2.69. The summed E-state index contributed by atoms with van der Waals surface area (Å²) in [7, 11) is 7.65. The monoisotopic (exact) mass is 549 g/mol. The van der Waals surface area contributed by atoms with Crippen LogP contribution in [0.5, 0.6) is 5.88 Å². The Morgan fingerprint density at radius 2 is 1.92 bits per heavy atom. The summed E-state index contributed by atoms with van der Waals surface area (Å²) in [5.41, 5.74) is 7.78. The van der Waals surface area contributed by atoms with Crippen LogP contribution in [-0.4, -0.2) is 106 Å². The number of ether oxygens (including phenoxy) is 4. The zero-order chi connectivity index (χ0) is 27.2. The normalized spacial score (nSPS) is 22.4. The number of carbonyl (C=O) groups is 1. The minimum atomic E-state index is -0.373. The van der Waals surface area contributed by atoms with Gasteiger partial charge in [0, 0.05) is 45.9 Å². The van der Waals surface area contributed by atoms with E-state index in [0.717, 1.165) is 18.8 Å². The smallest absolute Gasteiger partial charge is 0.237 e. The van der Waals surface area contributed by atoms with Crippen LogP contribution in [0.25, 0.3) is 0 Å². The number of aromatic nitrogens is 2. The highest BCUT2D eigenvalue weighted by molar-refractivity contribution is 6.31. The lowest BCUT2D eigenvalue weighted by molar-refractivity contribution is -0.116. The van der Waals surface area contributed by atoms with Crippen molar-refractivity contribution in [3.8, 4) is 5.88 Å². The number of hydrogen-bond acceptors (Lipinski definition) is 11. The van der Waals surface area contributed by atoms with Crippen LogP contribution >= 0.6 is 11.6 Å². The van der Waals surface area contributed by atoms with Gasteiger partial charge in [-0.2, -0.15) is 4.98 Å². The number of amides is 1. The molecule has 1 amide bonds. The third-order valence-corrected chi connectivity index (χ3v) is 6.69. The maximum atomic E-state index is 12.4. The summed E-state index contributed by atoms with van der Waals surface area (Å²) < 4.78 is 23.2. The lowest BCUT2D eigenvalue weighted by Gasteiger charge is -2.25. The molecule has 38 heavy (non-hydrogen) atoms. The van der Waals surface area contributed by atoms with Crippen molar-refractivity contribution in [1.29, 1.82) is 0 Å². The highest BCUT2D eigenvalue weighted by Crippen LogP contribution is 2.34. The minimum Gasteiger partial charge on any atom is -0.468 e. The molecule has 0 unspecified atom stereocenters. The van der Waals surface area contributed by atoms with Crippen LogP contribution < -0.4 is 26.0 Å². The molecule has 13 heteroatoms. The first kappa shape index (κ1) is 28.3. The largest absolute Gasteiger partial charge is 0.468 e. The summed E-state index contributed by atoms with van der Waals surface area (Å²) in [6.07, 6.45) is 0.740. The lowest BCUT2D eigenvalue weighted by Crippen LogP contribution is -2.35. The molecule has 2 aromatic rings. The third-order valence-electron chi connectivity index (χ3n) is 6.43. The topological polar surface area (TPSA) is 136 Å². The van der Waals surface area contributed by atoms with Gasteiger partial charge in [0.15, 0.2) is 6.10 Å². The van der Waals surface area contributed by atoms with Gasteiger partial charge in [0.05, 0.1) is 30.8 Å². The van der Waals surface area contributed by atoms with Crippen LogP contribution in [0.1, 0.15) is 6.42 Å². The number of benzene rings is 1. The molecule has 2 aliphatic rings. The second-order valence-corrected chi connectivity index (χ2v) is 9.95. The van der Waals surface area contributed by atoms with Gasteiger partial charge in [0.25, 0.3) is 0 Å². The van der Waals surface area contributed by atoms with E-state index in [9.17, 15) is 4.79 Å². The fraction of sp³-hybridized carbons (Fsp3) is 0.560. The summed E-state index contributed by atoms with van der Waals surface area (Å²) in [5, 5.41) is 6.41. The molecule has 2 aliphatic heterocycles. The quantitative estimate of drug-likeness (QED) is 0.357. The Bertz CT molecular complexity index is 1110. The molecule has 0 radical (unpaired) electrons. The van der Waals surface area contributed by atoms with E-state index in [0.29, 0.717) is 24.6 Å². The number of likely N-dealkylation sites (N-methyl/N-ethyl adjacent to an activating group) is 2. The lowest BCUT2D eigenvalue weighted by atomic mass is 10.1. The summed E-state index contributed by atoms with van der Waals surface area (Å²) in [6, 6.07) is 5.66. The Morgan fingerprint density at radius 3 is 2.63 bits per heavy atom. The van der Waals surface area contributed by atoms with E-state index in [1.54, 1.807) is 7.11 Å². The van der Waals surface area contributed by atoms with Crippen molar-refractivity contribution in [3.05, 3.63) is 29.4 Å². The number of nitrogens with one attached hydrogen (secondary N) is 2. The van der Waals surface area contributed by atoms with Gasteiger partial charge >= 0.3 is 0 Å². The van der Waals surface area contributed by atoms with Crippen molar-refractivity contribution >= 4 is 40.5 Å². The maximum Gasteiger partial charge on any atom is 0.237 e. The fourth-order valence-electron chi connectivity index (χ4n) is 4.36. The van der Waals surface area contributed by atoms with Crippen molar-refractivity contribution < 1.29 is 23.7 Å². The van der Waals surface area contributed by atoms with Gasteiger partial charge in [-0.25, -0.2) is 4.98 Å². The van der Waals surface area contributed by atoms with E-state index in [-0.39, 0.29) is 60.1 Å². The molecule has 12 nitrogen and oxygen atoms in total. The van der Waals surface area contributed by atoms with E-state index < -0.39 is 0 Å². The van der Waals surface area contributed by atoms with E-state index in [1.165, 1.54) is 6.20 Å². The van der Waals surface area contributed by atoms with Crippen molar-refractivity contribution in [2.75, 3.05) is 76.6 Å². The van der Waals surface area contributed by atoms with Gasteiger partial charge < -0.3 is 45.1 Å². The molecule has 4 rings (SSSR count). The molecular formula is C25H36ClN7O5. The van der Waals surface area contributed by atoms with E-state index in [4.69, 9.17) is 36.3 Å². The molecule has 1 aromatic carbocycles. The second kappa shape index (κ2) is 12.9. The van der Waals surface area contributed by atoms with Crippen LogP contribution in [0, 0.1) is 0 Å². The molecular weight excluding hydrogens is 514 g/mol. The van der Waals surface area contributed by atoms with Crippen LogP contribution in [-0.2, 0) is 19.0 Å². The SMILES string of the molecule is CO[C@@H]1CO[C@H]2[C@@H]1OC[C@H]2Oc1nc(Nc2ccc(N(C)CCN(C)C)c(NC(=O)CCN)c2)ncc1Cl. The number of rotatable bonds is 12. The first-order chi connectivity index (χ1) is 18.3. The Balaban J connectivity index is 1.50. The predicted octanol–water partition coefficient (Wildman–Crippen LogP) is 1.72. The van der Waals surface area contributed by atoms with Crippen molar-refractivity contribution in [1.82, 2.24) is 14.9 Å². The maximum absolute atomic E-state index is 12.4. The molecule has 0 aliphatic carbocycles. The van der Waals surface area contributed by atoms with Crippen molar-refractivity contribution in [2.24, 2.45) is 5.73 Å². The number of halogens is 1. The molecule has 2 saturated heterocycles. The Kier molecular flexibility index (Phi) is 9.58. The Morgan fingerprint density at radius 1 is 1.18 bits per heavy atom. The number of methoxy groups -OCH3 is 1. The number of fused-ring (bicyclic) bond motifs is 1. The second-order valence-electron chi connectivity index (χ2n) is 9.54. The molecule has 4 N–H and O–H groups in total. The van der Waals surface area contributed by atoms with E-state index in [1.807, 2.05) is 39.3 Å². The highest BCUT2D eigenvalue weighted by atomic mass is 35.5. The van der Waals surface area contributed by atoms with Gasteiger partial charge in [-0.05, 0) is 32.3 Å². The third kappa shape index (κ3) is 6.82. The molecule has 0 saturated carbocycles. The number of anilines is 4. The van der Waals surface area contributed by atoms with Crippen molar-refractivity contribution in [2.45, 2.75) is 30.8 Å². The predicted molar refractivity (Wildman–Crippen MR) is 146 cm³/mol. The summed E-state index contributed by atoms with van der Waals surface area (Å²) in [5.74, 6) is 0.349. The van der Waals surface area contributed by atoms with E-state index in [2.05, 4.69) is 30.4 Å². The van der Waals surface area contributed by atoms with Gasteiger partial charge in [-0.15, -0.1) is 0 Å². The van der Waals surface area contributed by atoms with Crippen LogP contribution in [0.3, 0.4) is 0 Å². The molecule has 0 spiro atoms. The highest BCUT2D eigenvalue weighted by Gasteiger charge is 2.49. The molecule has 2 fully saturated rings. The fourth-order valence-corrected chi connectivity index (χ4v) is 4.50. The van der Waals surface area contributed by atoms with Crippen LogP contribution in [0.15, 0.2) is 24.4 Å².